The lowest BCUT2D eigenvalue weighted by molar-refractivity contribution is -0.135. The van der Waals surface area contributed by atoms with Crippen LogP contribution in [0.1, 0.15) is 25.8 Å². The van der Waals surface area contributed by atoms with E-state index in [1.165, 1.54) is 44.4 Å². The Hall–Kier alpha value is -3.11. The summed E-state index contributed by atoms with van der Waals surface area (Å²) in [5.41, 5.74) is 0.244. The van der Waals surface area contributed by atoms with E-state index in [-0.39, 0.29) is 34.8 Å². The second kappa shape index (κ2) is 11.7. The minimum absolute atomic E-state index is 0.0107. The van der Waals surface area contributed by atoms with E-state index in [4.69, 9.17) is 9.47 Å². The summed E-state index contributed by atoms with van der Waals surface area (Å²) in [6, 6.07) is 6.80. The molecule has 0 amide bonds. The number of hydrogen-bond acceptors (Lipinski definition) is 7. The Kier molecular flexibility index (Phi) is 9.24. The Balaban J connectivity index is 2.15. The number of ketones is 1. The standard InChI is InChI=1S/C23H24F2O7S/c1-4-31-10-9-17(26)14-33(28,29)19-7-5-18(6-8-19)32-22-20(24)12-16(13-21(22)25)11-15(2)23(27)30-3/h5-8,11-13H,4,9-10,14H2,1-3H3/b15-11+. The van der Waals surface area contributed by atoms with Crippen LogP contribution in [0.4, 0.5) is 8.78 Å². The number of ether oxygens (including phenoxy) is 3. The third kappa shape index (κ3) is 7.47. The largest absolute Gasteiger partial charge is 0.466 e. The number of methoxy groups -OCH3 is 1. The first-order valence-electron chi connectivity index (χ1n) is 9.93. The van der Waals surface area contributed by atoms with Crippen LogP contribution in [0.15, 0.2) is 46.9 Å². The number of benzene rings is 2. The van der Waals surface area contributed by atoms with Gasteiger partial charge in [-0.25, -0.2) is 22.0 Å². The van der Waals surface area contributed by atoms with Gasteiger partial charge < -0.3 is 14.2 Å². The van der Waals surface area contributed by atoms with Gasteiger partial charge in [-0.2, -0.15) is 0 Å². The minimum atomic E-state index is -3.88. The smallest absolute Gasteiger partial charge is 0.333 e. The van der Waals surface area contributed by atoms with Crippen LogP contribution in [-0.2, 0) is 28.9 Å². The van der Waals surface area contributed by atoms with E-state index in [2.05, 4.69) is 4.74 Å². The molecule has 0 aromatic heterocycles. The van der Waals surface area contributed by atoms with Gasteiger partial charge in [0, 0.05) is 18.6 Å². The molecule has 0 unspecified atom stereocenters. The molecule has 2 aromatic carbocycles. The normalized spacial score (nSPS) is 11.8. The van der Waals surface area contributed by atoms with Gasteiger partial charge in [0.1, 0.15) is 11.5 Å². The number of carbonyl (C=O) groups is 2. The second-order valence-corrected chi connectivity index (χ2v) is 8.94. The molecule has 178 valence electrons. The second-order valence-electron chi connectivity index (χ2n) is 6.95. The first-order chi connectivity index (χ1) is 15.6. The molecule has 0 saturated heterocycles. The van der Waals surface area contributed by atoms with E-state index in [9.17, 15) is 26.8 Å². The van der Waals surface area contributed by atoms with Crippen molar-refractivity contribution >= 4 is 27.7 Å². The van der Waals surface area contributed by atoms with Crippen molar-refractivity contribution in [3.63, 3.8) is 0 Å². The average molecular weight is 483 g/mol. The molecule has 0 aliphatic heterocycles. The molecule has 0 N–H and O–H groups in total. The van der Waals surface area contributed by atoms with Crippen molar-refractivity contribution in [3.05, 3.63) is 59.2 Å². The molecule has 0 aliphatic rings. The van der Waals surface area contributed by atoms with Crippen molar-refractivity contribution in [1.82, 2.24) is 0 Å². The Labute approximate surface area is 190 Å². The maximum atomic E-state index is 14.4. The average Bonchev–Trinajstić information content (AvgIpc) is 2.75. The maximum absolute atomic E-state index is 14.4. The van der Waals surface area contributed by atoms with Gasteiger partial charge >= 0.3 is 5.97 Å². The summed E-state index contributed by atoms with van der Waals surface area (Å²) in [6.07, 6.45) is 1.24. The molecule has 0 bridgehead atoms. The van der Waals surface area contributed by atoms with Crippen LogP contribution in [0.2, 0.25) is 0 Å². The molecule has 0 saturated carbocycles. The van der Waals surface area contributed by atoms with Gasteiger partial charge in [0.2, 0.25) is 0 Å². The van der Waals surface area contributed by atoms with Gasteiger partial charge in [-0.3, -0.25) is 4.79 Å². The molecular weight excluding hydrogens is 458 g/mol. The molecule has 7 nitrogen and oxygen atoms in total. The van der Waals surface area contributed by atoms with E-state index in [1.807, 2.05) is 0 Å². The third-order valence-electron chi connectivity index (χ3n) is 4.39. The fourth-order valence-corrected chi connectivity index (χ4v) is 4.05. The number of rotatable bonds is 11. The summed E-state index contributed by atoms with van der Waals surface area (Å²) < 4.78 is 68.4. The van der Waals surface area contributed by atoms with Crippen LogP contribution < -0.4 is 4.74 Å². The van der Waals surface area contributed by atoms with Crippen LogP contribution in [-0.4, -0.2) is 46.2 Å². The zero-order chi connectivity index (χ0) is 24.6. The predicted molar refractivity (Wildman–Crippen MR) is 117 cm³/mol. The van der Waals surface area contributed by atoms with Crippen molar-refractivity contribution < 1.29 is 41.0 Å². The summed E-state index contributed by atoms with van der Waals surface area (Å²) in [5.74, 6) is -4.53. The van der Waals surface area contributed by atoms with E-state index in [1.54, 1.807) is 6.92 Å². The van der Waals surface area contributed by atoms with Crippen molar-refractivity contribution in [2.45, 2.75) is 25.2 Å². The summed E-state index contributed by atoms with van der Waals surface area (Å²) in [4.78, 5) is 23.2. The first kappa shape index (κ1) is 26.1. The molecule has 2 aromatic rings. The Morgan fingerprint density at radius 3 is 2.21 bits per heavy atom. The van der Waals surface area contributed by atoms with Crippen molar-refractivity contribution in [2.24, 2.45) is 0 Å². The lowest BCUT2D eigenvalue weighted by atomic mass is 10.1. The zero-order valence-corrected chi connectivity index (χ0v) is 19.2. The fraction of sp³-hybridized carbons (Fsp3) is 0.304. The van der Waals surface area contributed by atoms with E-state index < -0.39 is 44.7 Å². The molecule has 0 aliphatic carbocycles. The molecule has 33 heavy (non-hydrogen) atoms. The maximum Gasteiger partial charge on any atom is 0.333 e. The molecule has 0 fully saturated rings. The lowest BCUT2D eigenvalue weighted by Gasteiger charge is -2.10. The van der Waals surface area contributed by atoms with Gasteiger partial charge in [0.05, 0.1) is 18.6 Å². The first-order valence-corrected chi connectivity index (χ1v) is 11.6. The number of halogens is 2. The molecule has 0 heterocycles. The van der Waals surface area contributed by atoms with Gasteiger partial charge in [0.25, 0.3) is 0 Å². The Morgan fingerprint density at radius 1 is 1.06 bits per heavy atom. The summed E-state index contributed by atoms with van der Waals surface area (Å²) in [7, 11) is -2.69. The Bertz CT molecular complexity index is 1120. The number of sulfone groups is 1. The highest BCUT2D eigenvalue weighted by Crippen LogP contribution is 2.30. The van der Waals surface area contributed by atoms with Crippen molar-refractivity contribution in [3.8, 4) is 11.5 Å². The molecule has 0 atom stereocenters. The van der Waals surface area contributed by atoms with Crippen LogP contribution >= 0.6 is 0 Å². The Morgan fingerprint density at radius 2 is 1.67 bits per heavy atom. The van der Waals surface area contributed by atoms with Crippen LogP contribution in [0.25, 0.3) is 6.08 Å². The fourth-order valence-electron chi connectivity index (χ4n) is 2.76. The predicted octanol–water partition coefficient (Wildman–Crippen LogP) is 4.10. The van der Waals surface area contributed by atoms with Gasteiger partial charge in [0.15, 0.2) is 33.0 Å². The highest BCUT2D eigenvalue weighted by Gasteiger charge is 2.20. The zero-order valence-electron chi connectivity index (χ0n) is 18.4. The molecular formula is C23H24F2O7S. The van der Waals surface area contributed by atoms with E-state index in [0.717, 1.165) is 12.1 Å². The number of carbonyl (C=O) groups excluding carboxylic acids is 2. The van der Waals surface area contributed by atoms with E-state index >= 15 is 0 Å². The number of hydrogen-bond donors (Lipinski definition) is 0. The van der Waals surface area contributed by atoms with Gasteiger partial charge in [-0.05, 0) is 61.9 Å². The topological polar surface area (TPSA) is 96.0 Å². The van der Waals surface area contributed by atoms with Crippen molar-refractivity contribution in [1.29, 1.82) is 0 Å². The van der Waals surface area contributed by atoms with Crippen LogP contribution in [0, 0.1) is 11.6 Å². The lowest BCUT2D eigenvalue weighted by Crippen LogP contribution is -2.17. The summed E-state index contributed by atoms with van der Waals surface area (Å²) in [5, 5.41) is 0. The molecule has 10 heteroatoms. The van der Waals surface area contributed by atoms with Crippen LogP contribution in [0.5, 0.6) is 11.5 Å². The van der Waals surface area contributed by atoms with Crippen LogP contribution in [0.3, 0.4) is 0 Å². The third-order valence-corrected chi connectivity index (χ3v) is 6.09. The minimum Gasteiger partial charge on any atom is -0.466 e. The summed E-state index contributed by atoms with van der Waals surface area (Å²) >= 11 is 0. The van der Waals surface area contributed by atoms with Gasteiger partial charge in [-0.15, -0.1) is 0 Å². The highest BCUT2D eigenvalue weighted by molar-refractivity contribution is 7.92. The molecule has 0 radical (unpaired) electrons. The summed E-state index contributed by atoms with van der Waals surface area (Å²) in [6.45, 7) is 3.77. The SMILES string of the molecule is CCOCCC(=O)CS(=O)(=O)c1ccc(Oc2c(F)cc(/C=C(\C)C(=O)OC)cc2F)cc1. The number of esters is 1. The number of Topliss-reactive ketones (excluding diaryl/α,β-unsaturated/α-hetero) is 1. The highest BCUT2D eigenvalue weighted by atomic mass is 32.2. The molecule has 2 rings (SSSR count). The van der Waals surface area contributed by atoms with E-state index in [0.29, 0.717) is 6.61 Å². The van der Waals surface area contributed by atoms with Crippen molar-refractivity contribution in [2.75, 3.05) is 26.1 Å². The van der Waals surface area contributed by atoms with Gasteiger partial charge in [-0.1, -0.05) is 0 Å². The quantitative estimate of drug-likeness (QED) is 0.270. The molecule has 0 spiro atoms. The monoisotopic (exact) mass is 482 g/mol.